The van der Waals surface area contributed by atoms with E-state index < -0.39 is 11.4 Å². The molecule has 0 fully saturated rings. The number of rotatable bonds is 0. The first-order valence-electron chi connectivity index (χ1n) is 4.05. The van der Waals surface area contributed by atoms with E-state index in [4.69, 9.17) is 9.52 Å². The summed E-state index contributed by atoms with van der Waals surface area (Å²) < 4.78 is 4.76. The van der Waals surface area contributed by atoms with Gasteiger partial charge in [-0.2, -0.15) is 0 Å². The van der Waals surface area contributed by atoms with Gasteiger partial charge in [0.2, 0.25) is 5.75 Å². The zero-order chi connectivity index (χ0) is 10.3. The van der Waals surface area contributed by atoms with Crippen LogP contribution in [0.3, 0.4) is 0 Å². The number of hydrogen-bond donors (Lipinski definition) is 2. The Morgan fingerprint density at radius 1 is 1.29 bits per heavy atom. The first kappa shape index (κ1) is 8.62. The minimum Gasteiger partial charge on any atom is -0.507 e. The molecule has 14 heavy (non-hydrogen) atoms. The Bertz CT molecular complexity index is 554. The number of phenols is 1. The minimum atomic E-state index is -0.805. The fraction of sp³-hybridized carbons (Fsp3) is 0.100. The summed E-state index contributed by atoms with van der Waals surface area (Å²) in [6, 6.07) is 4.41. The summed E-state index contributed by atoms with van der Waals surface area (Å²) in [5.74, 6) is -0.486. The van der Waals surface area contributed by atoms with E-state index in [1.807, 2.05) is 0 Å². The van der Waals surface area contributed by atoms with E-state index in [9.17, 15) is 9.90 Å². The normalized spacial score (nSPS) is 10.6. The lowest BCUT2D eigenvalue weighted by atomic mass is 10.1. The van der Waals surface area contributed by atoms with Crippen LogP contribution in [0.1, 0.15) is 5.56 Å². The fourth-order valence-electron chi connectivity index (χ4n) is 1.27. The van der Waals surface area contributed by atoms with Crippen molar-refractivity contribution in [1.82, 2.24) is 0 Å². The van der Waals surface area contributed by atoms with Crippen LogP contribution in [0, 0.1) is 6.92 Å². The smallest absolute Gasteiger partial charge is 0.378 e. The van der Waals surface area contributed by atoms with Gasteiger partial charge in [-0.15, -0.1) is 0 Å². The van der Waals surface area contributed by atoms with Gasteiger partial charge in [-0.1, -0.05) is 6.07 Å². The average molecular weight is 192 g/mol. The molecular weight excluding hydrogens is 184 g/mol. The third-order valence-corrected chi connectivity index (χ3v) is 2.07. The molecule has 1 aromatic carbocycles. The highest BCUT2D eigenvalue weighted by Crippen LogP contribution is 2.28. The van der Waals surface area contributed by atoms with Gasteiger partial charge in [0.1, 0.15) is 11.3 Å². The van der Waals surface area contributed by atoms with Crippen LogP contribution in [0.5, 0.6) is 11.5 Å². The van der Waals surface area contributed by atoms with Crippen molar-refractivity contribution in [3.63, 3.8) is 0 Å². The van der Waals surface area contributed by atoms with Crippen molar-refractivity contribution < 1.29 is 14.6 Å². The lowest BCUT2D eigenvalue weighted by Crippen LogP contribution is -1.97. The molecule has 1 aromatic heterocycles. The Morgan fingerprint density at radius 3 is 2.71 bits per heavy atom. The Labute approximate surface area is 79.0 Å². The highest BCUT2D eigenvalue weighted by molar-refractivity contribution is 5.85. The van der Waals surface area contributed by atoms with E-state index in [1.54, 1.807) is 19.1 Å². The third kappa shape index (κ3) is 1.12. The standard InChI is InChI=1S/C10H8O4/c1-5-2-3-8-6(9(5)12)4-7(11)10(13)14-8/h2-4,11-12H,1H3. The summed E-state index contributed by atoms with van der Waals surface area (Å²) in [6.07, 6.45) is 0. The molecule has 0 bridgehead atoms. The van der Waals surface area contributed by atoms with E-state index in [2.05, 4.69) is 0 Å². The first-order valence-corrected chi connectivity index (χ1v) is 4.05. The molecule has 0 saturated carbocycles. The van der Waals surface area contributed by atoms with Crippen LogP contribution in [0.4, 0.5) is 0 Å². The van der Waals surface area contributed by atoms with Crippen LogP contribution in [0.2, 0.25) is 0 Å². The van der Waals surface area contributed by atoms with Crippen LogP contribution < -0.4 is 5.63 Å². The van der Waals surface area contributed by atoms with E-state index in [0.29, 0.717) is 10.9 Å². The molecule has 72 valence electrons. The summed E-state index contributed by atoms with van der Waals surface area (Å²) >= 11 is 0. The maximum absolute atomic E-state index is 10.9. The molecule has 0 aliphatic heterocycles. The van der Waals surface area contributed by atoms with Gasteiger partial charge in [0.05, 0.1) is 5.39 Å². The second kappa shape index (κ2) is 2.77. The number of benzene rings is 1. The molecule has 1 heterocycles. The van der Waals surface area contributed by atoms with E-state index in [1.165, 1.54) is 6.07 Å². The molecule has 0 saturated heterocycles. The number of phenolic OH excluding ortho intramolecular Hbond substituents is 1. The molecule has 0 atom stereocenters. The summed E-state index contributed by atoms with van der Waals surface area (Å²) in [5, 5.41) is 19.1. The van der Waals surface area contributed by atoms with Gasteiger partial charge in [0.15, 0.2) is 0 Å². The van der Waals surface area contributed by atoms with Crippen LogP contribution in [-0.2, 0) is 0 Å². The molecule has 0 amide bonds. The van der Waals surface area contributed by atoms with E-state index in [-0.39, 0.29) is 11.3 Å². The molecule has 4 nitrogen and oxygen atoms in total. The van der Waals surface area contributed by atoms with Gasteiger partial charge in [-0.3, -0.25) is 0 Å². The molecule has 2 rings (SSSR count). The Balaban J connectivity index is 2.97. The molecule has 0 aliphatic carbocycles. The predicted molar refractivity (Wildman–Crippen MR) is 50.6 cm³/mol. The minimum absolute atomic E-state index is 0.0153. The van der Waals surface area contributed by atoms with Crippen molar-refractivity contribution in [1.29, 1.82) is 0 Å². The van der Waals surface area contributed by atoms with Crippen LogP contribution in [-0.4, -0.2) is 10.2 Å². The average Bonchev–Trinajstić information content (AvgIpc) is 2.15. The predicted octanol–water partition coefficient (Wildman–Crippen LogP) is 1.51. The van der Waals surface area contributed by atoms with Gasteiger partial charge in [0, 0.05) is 6.07 Å². The summed E-state index contributed by atoms with van der Waals surface area (Å²) in [4.78, 5) is 10.9. The zero-order valence-corrected chi connectivity index (χ0v) is 7.44. The van der Waals surface area contributed by atoms with Crippen molar-refractivity contribution >= 4 is 11.0 Å². The highest BCUT2D eigenvalue weighted by Gasteiger charge is 2.08. The number of hydrogen-bond acceptors (Lipinski definition) is 4. The molecule has 4 heteroatoms. The van der Waals surface area contributed by atoms with Crippen molar-refractivity contribution in [3.05, 3.63) is 34.2 Å². The molecule has 2 N–H and O–H groups in total. The van der Waals surface area contributed by atoms with Crippen molar-refractivity contribution in [2.75, 3.05) is 0 Å². The second-order valence-corrected chi connectivity index (χ2v) is 3.06. The summed E-state index contributed by atoms with van der Waals surface area (Å²) in [7, 11) is 0. The Hall–Kier alpha value is -1.97. The SMILES string of the molecule is Cc1ccc2oc(=O)c(O)cc2c1O. The summed E-state index contributed by atoms with van der Waals surface area (Å²) in [5.41, 5.74) is 0.113. The quantitative estimate of drug-likeness (QED) is 0.620. The second-order valence-electron chi connectivity index (χ2n) is 3.06. The lowest BCUT2D eigenvalue weighted by Gasteiger charge is -2.02. The molecule has 2 aromatic rings. The van der Waals surface area contributed by atoms with Gasteiger partial charge >= 0.3 is 5.63 Å². The Kier molecular flexibility index (Phi) is 1.70. The maximum atomic E-state index is 10.9. The fourth-order valence-corrected chi connectivity index (χ4v) is 1.27. The molecule has 0 radical (unpaired) electrons. The van der Waals surface area contributed by atoms with E-state index in [0.717, 1.165) is 0 Å². The topological polar surface area (TPSA) is 70.7 Å². The number of fused-ring (bicyclic) bond motifs is 1. The van der Waals surface area contributed by atoms with E-state index >= 15 is 0 Å². The van der Waals surface area contributed by atoms with Gasteiger partial charge in [0.25, 0.3) is 0 Å². The molecular formula is C10H8O4. The lowest BCUT2D eigenvalue weighted by molar-refractivity contribution is 0.425. The zero-order valence-electron chi connectivity index (χ0n) is 7.44. The molecule has 0 unspecified atom stereocenters. The Morgan fingerprint density at radius 2 is 2.00 bits per heavy atom. The molecule has 0 spiro atoms. The maximum Gasteiger partial charge on any atom is 0.378 e. The highest BCUT2D eigenvalue weighted by atomic mass is 16.4. The number of aromatic hydroxyl groups is 2. The van der Waals surface area contributed by atoms with Gasteiger partial charge in [-0.25, -0.2) is 4.79 Å². The van der Waals surface area contributed by atoms with Crippen LogP contribution >= 0.6 is 0 Å². The van der Waals surface area contributed by atoms with Crippen molar-refractivity contribution in [2.45, 2.75) is 6.92 Å². The third-order valence-electron chi connectivity index (χ3n) is 2.07. The van der Waals surface area contributed by atoms with Crippen LogP contribution in [0.25, 0.3) is 11.0 Å². The largest absolute Gasteiger partial charge is 0.507 e. The molecule has 0 aliphatic rings. The number of aryl methyl sites for hydroxylation is 1. The van der Waals surface area contributed by atoms with Crippen molar-refractivity contribution in [3.8, 4) is 11.5 Å². The van der Waals surface area contributed by atoms with Gasteiger partial charge < -0.3 is 14.6 Å². The summed E-state index contributed by atoms with van der Waals surface area (Å²) in [6.45, 7) is 1.72. The van der Waals surface area contributed by atoms with Crippen molar-refractivity contribution in [2.24, 2.45) is 0 Å². The van der Waals surface area contributed by atoms with Gasteiger partial charge in [-0.05, 0) is 18.6 Å². The monoisotopic (exact) mass is 192 g/mol. The van der Waals surface area contributed by atoms with Crippen LogP contribution in [0.15, 0.2) is 27.4 Å². The first-order chi connectivity index (χ1) is 6.59.